The zero-order valence-corrected chi connectivity index (χ0v) is 14.5. The molecule has 6 heteroatoms. The number of ether oxygens (including phenoxy) is 1. The van der Waals surface area contributed by atoms with Gasteiger partial charge in [-0.3, -0.25) is 0 Å². The first kappa shape index (κ1) is 16.1. The number of benzene rings is 1. The van der Waals surface area contributed by atoms with Crippen molar-refractivity contribution < 1.29 is 4.74 Å². The zero-order valence-electron chi connectivity index (χ0n) is 14.5. The van der Waals surface area contributed by atoms with Gasteiger partial charge in [0, 0.05) is 44.5 Å². The summed E-state index contributed by atoms with van der Waals surface area (Å²) in [6.07, 6.45) is 2.88. The molecule has 25 heavy (non-hydrogen) atoms. The summed E-state index contributed by atoms with van der Waals surface area (Å²) in [5.41, 5.74) is 1.19. The van der Waals surface area contributed by atoms with Crippen LogP contribution in [0, 0.1) is 5.92 Å². The summed E-state index contributed by atoms with van der Waals surface area (Å²) in [5.74, 6) is 2.69. The molecule has 0 saturated carbocycles. The van der Waals surface area contributed by atoms with Gasteiger partial charge in [-0.15, -0.1) is 0 Å². The molecule has 2 saturated heterocycles. The van der Waals surface area contributed by atoms with Crippen molar-refractivity contribution in [1.29, 1.82) is 0 Å². The Morgan fingerprint density at radius 2 is 1.76 bits per heavy atom. The van der Waals surface area contributed by atoms with Gasteiger partial charge in [0.2, 0.25) is 0 Å². The Morgan fingerprint density at radius 3 is 2.56 bits per heavy atom. The van der Waals surface area contributed by atoms with Crippen molar-refractivity contribution in [2.24, 2.45) is 5.92 Å². The van der Waals surface area contributed by atoms with Gasteiger partial charge in [0.15, 0.2) is 0 Å². The predicted molar refractivity (Wildman–Crippen MR) is 100 cm³/mol. The number of para-hydroxylation sites is 1. The maximum Gasteiger partial charge on any atom is 0.134 e. The van der Waals surface area contributed by atoms with E-state index in [1.165, 1.54) is 12.1 Å². The second kappa shape index (κ2) is 7.70. The highest BCUT2D eigenvalue weighted by molar-refractivity contribution is 5.51. The van der Waals surface area contributed by atoms with Crippen molar-refractivity contribution in [3.05, 3.63) is 42.7 Å². The molecule has 2 aromatic rings. The Kier molecular flexibility index (Phi) is 4.97. The second-order valence-electron chi connectivity index (χ2n) is 6.68. The maximum atomic E-state index is 5.43. The maximum absolute atomic E-state index is 5.43. The Bertz CT molecular complexity index is 675. The van der Waals surface area contributed by atoms with Crippen LogP contribution in [-0.2, 0) is 4.74 Å². The summed E-state index contributed by atoms with van der Waals surface area (Å²) in [7, 11) is 0. The van der Waals surface area contributed by atoms with E-state index >= 15 is 0 Å². The molecular weight excluding hydrogens is 314 g/mol. The molecule has 0 amide bonds. The van der Waals surface area contributed by atoms with Crippen molar-refractivity contribution >= 4 is 17.3 Å². The summed E-state index contributed by atoms with van der Waals surface area (Å²) < 4.78 is 5.43. The molecule has 1 N–H and O–H groups in total. The van der Waals surface area contributed by atoms with Gasteiger partial charge in [0.05, 0.1) is 13.2 Å². The number of anilines is 3. The predicted octanol–water partition coefficient (Wildman–Crippen LogP) is 2.25. The Hall–Kier alpha value is -2.34. The minimum atomic E-state index is 0.641. The fourth-order valence-electron chi connectivity index (χ4n) is 3.50. The lowest BCUT2D eigenvalue weighted by atomic mass is 10.1. The molecule has 0 radical (unpaired) electrons. The molecule has 1 aromatic carbocycles. The lowest BCUT2D eigenvalue weighted by molar-refractivity contribution is 0.122. The number of morpholine rings is 1. The van der Waals surface area contributed by atoms with Crippen LogP contribution in [0.3, 0.4) is 0 Å². The van der Waals surface area contributed by atoms with E-state index in [2.05, 4.69) is 55.4 Å². The summed E-state index contributed by atoms with van der Waals surface area (Å²) in [4.78, 5) is 13.6. The van der Waals surface area contributed by atoms with Gasteiger partial charge in [-0.2, -0.15) is 0 Å². The molecule has 0 spiro atoms. The molecule has 2 aliphatic heterocycles. The SMILES string of the molecule is c1ccc(NCC2CCN(c3cc(N4CCOCC4)ncn3)C2)cc1. The van der Waals surface area contributed by atoms with Crippen molar-refractivity contribution in [1.82, 2.24) is 9.97 Å². The number of aromatic nitrogens is 2. The third-order valence-corrected chi connectivity index (χ3v) is 4.95. The highest BCUT2D eigenvalue weighted by atomic mass is 16.5. The summed E-state index contributed by atoms with van der Waals surface area (Å²) in [6, 6.07) is 12.5. The molecule has 1 unspecified atom stereocenters. The summed E-state index contributed by atoms with van der Waals surface area (Å²) in [6.45, 7) is 6.45. The molecule has 1 atom stereocenters. The standard InChI is InChI=1S/C19H25N5O/c1-2-4-17(5-3-1)20-13-16-6-7-24(14-16)19-12-18(21-15-22-19)23-8-10-25-11-9-23/h1-5,12,15-16,20H,6-11,13-14H2. The second-order valence-corrected chi connectivity index (χ2v) is 6.68. The van der Waals surface area contributed by atoms with Gasteiger partial charge in [-0.05, 0) is 24.5 Å². The smallest absolute Gasteiger partial charge is 0.134 e. The molecular formula is C19H25N5O. The van der Waals surface area contributed by atoms with Gasteiger partial charge in [-0.1, -0.05) is 18.2 Å². The number of nitrogens with one attached hydrogen (secondary N) is 1. The third kappa shape index (κ3) is 4.02. The van der Waals surface area contributed by atoms with Crippen LogP contribution in [0.5, 0.6) is 0 Å². The van der Waals surface area contributed by atoms with Crippen LogP contribution in [0.25, 0.3) is 0 Å². The molecule has 4 rings (SSSR count). The average Bonchev–Trinajstić information content (AvgIpc) is 3.17. The lowest BCUT2D eigenvalue weighted by Gasteiger charge is -2.28. The fourth-order valence-corrected chi connectivity index (χ4v) is 3.50. The van der Waals surface area contributed by atoms with Gasteiger partial charge < -0.3 is 19.9 Å². The molecule has 0 bridgehead atoms. The number of hydrogen-bond donors (Lipinski definition) is 1. The number of hydrogen-bond acceptors (Lipinski definition) is 6. The topological polar surface area (TPSA) is 53.5 Å². The highest BCUT2D eigenvalue weighted by Crippen LogP contribution is 2.25. The van der Waals surface area contributed by atoms with E-state index in [1.54, 1.807) is 6.33 Å². The van der Waals surface area contributed by atoms with Gasteiger partial charge in [-0.25, -0.2) is 9.97 Å². The molecule has 1 aromatic heterocycles. The fraction of sp³-hybridized carbons (Fsp3) is 0.474. The van der Waals surface area contributed by atoms with Crippen LogP contribution in [0.2, 0.25) is 0 Å². The van der Waals surface area contributed by atoms with Crippen LogP contribution in [0.15, 0.2) is 42.7 Å². The summed E-state index contributed by atoms with van der Waals surface area (Å²) in [5, 5.41) is 3.54. The van der Waals surface area contributed by atoms with Crippen LogP contribution in [0.4, 0.5) is 17.3 Å². The van der Waals surface area contributed by atoms with E-state index in [1.807, 2.05) is 6.07 Å². The van der Waals surface area contributed by atoms with E-state index in [4.69, 9.17) is 4.74 Å². The first-order valence-electron chi connectivity index (χ1n) is 9.07. The molecule has 6 nitrogen and oxygen atoms in total. The van der Waals surface area contributed by atoms with Crippen molar-refractivity contribution in [2.45, 2.75) is 6.42 Å². The van der Waals surface area contributed by atoms with Crippen molar-refractivity contribution in [3.63, 3.8) is 0 Å². The van der Waals surface area contributed by atoms with Crippen LogP contribution in [0.1, 0.15) is 6.42 Å². The van der Waals surface area contributed by atoms with E-state index in [9.17, 15) is 0 Å². The Balaban J connectivity index is 1.35. The molecule has 132 valence electrons. The van der Waals surface area contributed by atoms with E-state index in [0.717, 1.165) is 57.6 Å². The van der Waals surface area contributed by atoms with Crippen molar-refractivity contribution in [2.75, 3.05) is 61.1 Å². The Morgan fingerprint density at radius 1 is 1.00 bits per heavy atom. The third-order valence-electron chi connectivity index (χ3n) is 4.95. The van der Waals surface area contributed by atoms with Crippen LogP contribution >= 0.6 is 0 Å². The summed E-state index contributed by atoms with van der Waals surface area (Å²) >= 11 is 0. The zero-order chi connectivity index (χ0) is 16.9. The molecule has 2 fully saturated rings. The monoisotopic (exact) mass is 339 g/mol. The van der Waals surface area contributed by atoms with Gasteiger partial charge in [0.25, 0.3) is 0 Å². The molecule has 3 heterocycles. The molecule has 2 aliphatic rings. The average molecular weight is 339 g/mol. The first-order valence-corrected chi connectivity index (χ1v) is 9.07. The van der Waals surface area contributed by atoms with Gasteiger partial charge >= 0.3 is 0 Å². The number of rotatable bonds is 5. The minimum Gasteiger partial charge on any atom is -0.385 e. The van der Waals surface area contributed by atoms with Gasteiger partial charge in [0.1, 0.15) is 18.0 Å². The number of nitrogens with zero attached hydrogens (tertiary/aromatic N) is 4. The van der Waals surface area contributed by atoms with Crippen molar-refractivity contribution in [3.8, 4) is 0 Å². The lowest BCUT2D eigenvalue weighted by Crippen LogP contribution is -2.37. The largest absolute Gasteiger partial charge is 0.385 e. The van der Waals surface area contributed by atoms with Crippen LogP contribution in [-0.4, -0.2) is 55.9 Å². The minimum absolute atomic E-state index is 0.641. The van der Waals surface area contributed by atoms with Crippen LogP contribution < -0.4 is 15.1 Å². The Labute approximate surface area is 148 Å². The van der Waals surface area contributed by atoms with E-state index in [0.29, 0.717) is 5.92 Å². The molecule has 0 aliphatic carbocycles. The quantitative estimate of drug-likeness (QED) is 0.902. The normalized spacial score (nSPS) is 20.7. The van der Waals surface area contributed by atoms with E-state index < -0.39 is 0 Å². The highest BCUT2D eigenvalue weighted by Gasteiger charge is 2.24. The van der Waals surface area contributed by atoms with E-state index in [-0.39, 0.29) is 0 Å². The first-order chi connectivity index (χ1) is 12.4.